The van der Waals surface area contributed by atoms with Crippen molar-refractivity contribution in [1.82, 2.24) is 4.98 Å². The third-order valence-corrected chi connectivity index (χ3v) is 1.89. The first-order valence-electron chi connectivity index (χ1n) is 4.55. The van der Waals surface area contributed by atoms with Crippen molar-refractivity contribution in [2.24, 2.45) is 0 Å². The number of halogens is 4. The Kier molecular flexibility index (Phi) is 3.72. The summed E-state index contributed by atoms with van der Waals surface area (Å²) < 4.78 is 53.3. The van der Waals surface area contributed by atoms with Crippen LogP contribution in [0.4, 0.5) is 17.6 Å². The molecule has 1 rings (SSSR count). The van der Waals surface area contributed by atoms with Crippen molar-refractivity contribution >= 4 is 0 Å². The molecule has 0 radical (unpaired) electrons. The second-order valence-corrected chi connectivity index (χ2v) is 3.49. The highest BCUT2D eigenvalue weighted by molar-refractivity contribution is 5.27. The highest BCUT2D eigenvalue weighted by atomic mass is 19.3. The van der Waals surface area contributed by atoms with Gasteiger partial charge in [-0.2, -0.15) is 8.78 Å². The zero-order valence-corrected chi connectivity index (χ0v) is 8.81. The molecular weight excluding hydrogens is 226 g/mol. The molecule has 90 valence electrons. The van der Waals surface area contributed by atoms with Crippen LogP contribution in [0.15, 0.2) is 12.3 Å². The highest BCUT2D eigenvalue weighted by Crippen LogP contribution is 2.24. The summed E-state index contributed by atoms with van der Waals surface area (Å²) >= 11 is 0. The van der Waals surface area contributed by atoms with E-state index in [2.05, 4.69) is 9.72 Å². The maximum Gasteiger partial charge on any atom is 0.340 e. The number of alkyl halides is 4. The van der Waals surface area contributed by atoms with Gasteiger partial charge in [0.2, 0.25) is 5.88 Å². The predicted molar refractivity (Wildman–Crippen MR) is 50.2 cm³/mol. The smallest absolute Gasteiger partial charge is 0.340 e. The van der Waals surface area contributed by atoms with Gasteiger partial charge in [0.05, 0.1) is 0 Å². The Balaban J connectivity index is 2.68. The van der Waals surface area contributed by atoms with Gasteiger partial charge in [-0.05, 0) is 25.5 Å². The molecule has 1 aromatic rings. The topological polar surface area (TPSA) is 22.1 Å². The second kappa shape index (κ2) is 4.67. The predicted octanol–water partition coefficient (Wildman–Crippen LogP) is 2.98. The van der Waals surface area contributed by atoms with E-state index < -0.39 is 19.0 Å². The van der Waals surface area contributed by atoms with Crippen molar-refractivity contribution in [2.45, 2.75) is 26.2 Å². The standard InChI is InChI=1S/C10H11F4NO/c1-6-3-7(2)8(15-4-6)16-5-10(13,14)9(11)12/h3-4,9H,5H2,1-2H3. The maximum absolute atomic E-state index is 12.5. The van der Waals surface area contributed by atoms with Crippen LogP contribution >= 0.6 is 0 Å². The molecule has 0 bridgehead atoms. The van der Waals surface area contributed by atoms with Crippen molar-refractivity contribution in [2.75, 3.05) is 6.61 Å². The van der Waals surface area contributed by atoms with Gasteiger partial charge in [0, 0.05) is 11.8 Å². The lowest BCUT2D eigenvalue weighted by molar-refractivity contribution is -0.148. The molecule has 0 atom stereocenters. The van der Waals surface area contributed by atoms with E-state index in [1.54, 1.807) is 19.9 Å². The minimum atomic E-state index is -4.15. The minimum Gasteiger partial charge on any atom is -0.471 e. The van der Waals surface area contributed by atoms with E-state index in [1.807, 2.05) is 0 Å². The summed E-state index contributed by atoms with van der Waals surface area (Å²) in [7, 11) is 0. The average molecular weight is 237 g/mol. The normalized spacial score (nSPS) is 11.9. The summed E-state index contributed by atoms with van der Waals surface area (Å²) in [5.74, 6) is -4.20. The minimum absolute atomic E-state index is 0.0501. The Bertz CT molecular complexity index is 368. The first-order chi connectivity index (χ1) is 7.33. The molecule has 1 heterocycles. The first kappa shape index (κ1) is 12.7. The molecule has 0 aliphatic rings. The fourth-order valence-electron chi connectivity index (χ4n) is 1.08. The fraction of sp³-hybridized carbons (Fsp3) is 0.500. The van der Waals surface area contributed by atoms with E-state index in [0.29, 0.717) is 5.56 Å². The zero-order chi connectivity index (χ0) is 12.3. The van der Waals surface area contributed by atoms with Crippen LogP contribution < -0.4 is 4.74 Å². The maximum atomic E-state index is 12.5. The molecule has 0 unspecified atom stereocenters. The van der Waals surface area contributed by atoms with Crippen molar-refractivity contribution in [3.8, 4) is 5.88 Å². The number of nitrogens with zero attached hydrogens (tertiary/aromatic N) is 1. The molecule has 0 aromatic carbocycles. The Morgan fingerprint density at radius 2 is 2.00 bits per heavy atom. The lowest BCUT2D eigenvalue weighted by Gasteiger charge is -2.16. The van der Waals surface area contributed by atoms with Gasteiger partial charge in [-0.1, -0.05) is 0 Å². The number of hydrogen-bond acceptors (Lipinski definition) is 2. The van der Waals surface area contributed by atoms with Crippen LogP contribution in [-0.4, -0.2) is 23.9 Å². The molecule has 0 saturated heterocycles. The summed E-state index contributed by atoms with van der Waals surface area (Å²) in [5, 5.41) is 0. The third kappa shape index (κ3) is 3.08. The van der Waals surface area contributed by atoms with Crippen LogP contribution in [0.1, 0.15) is 11.1 Å². The number of pyridine rings is 1. The van der Waals surface area contributed by atoms with Crippen LogP contribution in [0.3, 0.4) is 0 Å². The van der Waals surface area contributed by atoms with Crippen LogP contribution in [0, 0.1) is 13.8 Å². The van der Waals surface area contributed by atoms with Crippen molar-refractivity contribution in [3.05, 3.63) is 23.4 Å². The summed E-state index contributed by atoms with van der Waals surface area (Å²) in [6.07, 6.45) is -2.32. The number of aromatic nitrogens is 1. The Hall–Kier alpha value is -1.33. The van der Waals surface area contributed by atoms with E-state index >= 15 is 0 Å². The van der Waals surface area contributed by atoms with Crippen LogP contribution in [0.25, 0.3) is 0 Å². The van der Waals surface area contributed by atoms with Crippen LogP contribution in [0.5, 0.6) is 5.88 Å². The van der Waals surface area contributed by atoms with Gasteiger partial charge in [0.1, 0.15) is 0 Å². The van der Waals surface area contributed by atoms with E-state index in [-0.39, 0.29) is 5.88 Å². The molecular formula is C10H11F4NO. The quantitative estimate of drug-likeness (QED) is 0.751. The summed E-state index contributed by atoms with van der Waals surface area (Å²) in [4.78, 5) is 3.74. The third-order valence-electron chi connectivity index (χ3n) is 1.89. The molecule has 0 N–H and O–H groups in total. The summed E-state index contributed by atoms with van der Waals surface area (Å²) in [5.41, 5.74) is 1.37. The molecule has 0 aliphatic carbocycles. The van der Waals surface area contributed by atoms with Gasteiger partial charge in [-0.3, -0.25) is 0 Å². The molecule has 0 amide bonds. The van der Waals surface area contributed by atoms with Crippen molar-refractivity contribution in [1.29, 1.82) is 0 Å². The van der Waals surface area contributed by atoms with Gasteiger partial charge in [-0.15, -0.1) is 0 Å². The Morgan fingerprint density at radius 1 is 1.38 bits per heavy atom. The molecule has 0 saturated carbocycles. The van der Waals surface area contributed by atoms with E-state index in [1.165, 1.54) is 6.20 Å². The van der Waals surface area contributed by atoms with E-state index in [4.69, 9.17) is 0 Å². The number of ether oxygens (including phenoxy) is 1. The molecule has 6 heteroatoms. The van der Waals surface area contributed by atoms with Gasteiger partial charge in [-0.25, -0.2) is 13.8 Å². The van der Waals surface area contributed by atoms with E-state index in [0.717, 1.165) is 5.56 Å². The highest BCUT2D eigenvalue weighted by Gasteiger charge is 2.41. The van der Waals surface area contributed by atoms with Crippen LogP contribution in [0.2, 0.25) is 0 Å². The lowest BCUT2D eigenvalue weighted by atomic mass is 10.2. The molecule has 1 aromatic heterocycles. The lowest BCUT2D eigenvalue weighted by Crippen LogP contribution is -2.34. The number of hydrogen-bond donors (Lipinski definition) is 0. The summed E-state index contributed by atoms with van der Waals surface area (Å²) in [6.45, 7) is 2.01. The zero-order valence-electron chi connectivity index (χ0n) is 8.81. The average Bonchev–Trinajstić information content (AvgIpc) is 2.16. The monoisotopic (exact) mass is 237 g/mol. The van der Waals surface area contributed by atoms with Crippen molar-refractivity contribution in [3.63, 3.8) is 0 Å². The van der Waals surface area contributed by atoms with Gasteiger partial charge in [0.25, 0.3) is 0 Å². The first-order valence-corrected chi connectivity index (χ1v) is 4.55. The second-order valence-electron chi connectivity index (χ2n) is 3.49. The SMILES string of the molecule is Cc1cnc(OCC(F)(F)C(F)F)c(C)c1. The fourth-order valence-corrected chi connectivity index (χ4v) is 1.08. The molecule has 0 fully saturated rings. The van der Waals surface area contributed by atoms with Crippen LogP contribution in [-0.2, 0) is 0 Å². The Labute approximate surface area is 90.3 Å². The Morgan fingerprint density at radius 3 is 2.50 bits per heavy atom. The largest absolute Gasteiger partial charge is 0.471 e. The molecule has 16 heavy (non-hydrogen) atoms. The van der Waals surface area contributed by atoms with Gasteiger partial charge < -0.3 is 4.74 Å². The van der Waals surface area contributed by atoms with Gasteiger partial charge >= 0.3 is 12.3 Å². The number of aryl methyl sites for hydroxylation is 2. The van der Waals surface area contributed by atoms with Gasteiger partial charge in [0.15, 0.2) is 6.61 Å². The molecule has 0 spiro atoms. The molecule has 2 nitrogen and oxygen atoms in total. The number of rotatable bonds is 4. The summed E-state index contributed by atoms with van der Waals surface area (Å²) in [6, 6.07) is 1.67. The van der Waals surface area contributed by atoms with Crippen molar-refractivity contribution < 1.29 is 22.3 Å². The molecule has 0 aliphatic heterocycles. The van der Waals surface area contributed by atoms with E-state index in [9.17, 15) is 17.6 Å².